The van der Waals surface area contributed by atoms with Crippen molar-refractivity contribution in [2.75, 3.05) is 4.90 Å². The lowest BCUT2D eigenvalue weighted by Gasteiger charge is -2.27. The molecule has 0 bridgehead atoms. The maximum Gasteiger partial charge on any atom is 0.144 e. The summed E-state index contributed by atoms with van der Waals surface area (Å²) in [6.07, 6.45) is 1.86. The Morgan fingerprint density at radius 1 is 0.396 bits per heavy atom. The average molecular weight is 615 g/mol. The minimum atomic E-state index is 0.857. The molecule has 0 saturated carbocycles. The van der Waals surface area contributed by atoms with E-state index in [4.69, 9.17) is 9.40 Å². The largest absolute Gasteiger partial charge is 0.455 e. The molecule has 7 aromatic carbocycles. The van der Waals surface area contributed by atoms with Crippen molar-refractivity contribution in [2.45, 2.75) is 0 Å². The summed E-state index contributed by atoms with van der Waals surface area (Å²) in [6, 6.07) is 62.0. The predicted octanol–water partition coefficient (Wildman–Crippen LogP) is 12.6. The molecule has 0 N–H and O–H groups in total. The van der Waals surface area contributed by atoms with Crippen molar-refractivity contribution in [1.29, 1.82) is 0 Å². The molecule has 3 heteroatoms. The number of fused-ring (bicyclic) bond motifs is 5. The Morgan fingerprint density at radius 3 is 1.67 bits per heavy atom. The van der Waals surface area contributed by atoms with Gasteiger partial charge in [0.2, 0.25) is 0 Å². The van der Waals surface area contributed by atoms with E-state index in [1.807, 2.05) is 24.4 Å². The van der Waals surface area contributed by atoms with Crippen LogP contribution in [-0.2, 0) is 0 Å². The molecule has 0 amide bonds. The van der Waals surface area contributed by atoms with Crippen molar-refractivity contribution >= 4 is 49.9 Å². The molecular weight excluding hydrogens is 585 g/mol. The van der Waals surface area contributed by atoms with Crippen LogP contribution in [0.25, 0.3) is 66.2 Å². The van der Waals surface area contributed by atoms with Gasteiger partial charge in [-0.15, -0.1) is 0 Å². The lowest BCUT2D eigenvalue weighted by Crippen LogP contribution is -2.11. The van der Waals surface area contributed by atoms with E-state index in [0.717, 1.165) is 61.0 Å². The number of aromatic nitrogens is 1. The number of benzene rings is 7. The molecule has 3 nitrogen and oxygen atoms in total. The van der Waals surface area contributed by atoms with E-state index in [1.165, 1.54) is 22.3 Å². The van der Waals surface area contributed by atoms with Gasteiger partial charge in [-0.25, -0.2) is 0 Å². The molecule has 0 aliphatic carbocycles. The van der Waals surface area contributed by atoms with Crippen LogP contribution >= 0.6 is 0 Å². The van der Waals surface area contributed by atoms with E-state index in [-0.39, 0.29) is 0 Å². The first-order valence-corrected chi connectivity index (χ1v) is 16.2. The van der Waals surface area contributed by atoms with E-state index >= 15 is 0 Å². The lowest BCUT2D eigenvalue weighted by atomic mass is 9.99. The zero-order valence-electron chi connectivity index (χ0n) is 26.1. The molecule has 0 unspecified atom stereocenters. The zero-order valence-corrected chi connectivity index (χ0v) is 26.1. The zero-order chi connectivity index (χ0) is 31.9. The molecule has 0 saturated heterocycles. The first-order valence-electron chi connectivity index (χ1n) is 16.2. The van der Waals surface area contributed by atoms with Crippen molar-refractivity contribution in [3.63, 3.8) is 0 Å². The molecule has 0 radical (unpaired) electrons. The Bertz CT molecular complexity index is 2540. The van der Waals surface area contributed by atoms with E-state index < -0.39 is 0 Å². The first kappa shape index (κ1) is 27.8. The molecule has 9 rings (SSSR count). The molecule has 226 valence electrons. The van der Waals surface area contributed by atoms with Gasteiger partial charge in [0.25, 0.3) is 0 Å². The second-order valence-electron chi connectivity index (χ2n) is 12.0. The van der Waals surface area contributed by atoms with Crippen molar-refractivity contribution < 1.29 is 4.42 Å². The molecule has 0 spiro atoms. The molecule has 48 heavy (non-hydrogen) atoms. The van der Waals surface area contributed by atoms with E-state index in [9.17, 15) is 0 Å². The number of pyridine rings is 1. The van der Waals surface area contributed by atoms with Crippen LogP contribution in [0.1, 0.15) is 0 Å². The number of hydrogen-bond donors (Lipinski definition) is 0. The summed E-state index contributed by atoms with van der Waals surface area (Å²) in [5.74, 6) is 0. The monoisotopic (exact) mass is 614 g/mol. The smallest absolute Gasteiger partial charge is 0.144 e. The predicted molar refractivity (Wildman–Crippen MR) is 200 cm³/mol. The number of hydrogen-bond acceptors (Lipinski definition) is 3. The fourth-order valence-corrected chi connectivity index (χ4v) is 6.75. The molecule has 0 fully saturated rings. The Labute approximate surface area is 279 Å². The van der Waals surface area contributed by atoms with Crippen molar-refractivity contribution in [3.8, 4) is 33.4 Å². The normalized spacial score (nSPS) is 11.3. The molecule has 0 aliphatic rings. The van der Waals surface area contributed by atoms with Crippen LogP contribution in [0, 0.1) is 0 Å². The SMILES string of the molecule is c1ccc(-c2ccc(-c3ccc(N(c4cccc(-c5ccccc5)c4)c4cc5c6ccccc6oc5c5cccnc45)cc3)cc2)cc1. The summed E-state index contributed by atoms with van der Waals surface area (Å²) in [6.45, 7) is 0. The quantitative estimate of drug-likeness (QED) is 0.187. The standard InChI is InChI=1S/C45H30N2O/c1-3-11-31(12-4-1)33-20-22-34(23-21-33)35-24-26-37(27-25-35)47(38-16-9-15-36(29-38)32-13-5-2-6-14-32)42-30-41-39-17-7-8-19-43(39)48-45(41)40-18-10-28-46-44(40)42/h1-30H. The molecule has 9 aromatic rings. The van der Waals surface area contributed by atoms with Crippen LogP contribution in [0.3, 0.4) is 0 Å². The average Bonchev–Trinajstić information content (AvgIpc) is 3.55. The minimum absolute atomic E-state index is 0.857. The Hall–Kier alpha value is -6.45. The van der Waals surface area contributed by atoms with Crippen LogP contribution in [-0.4, -0.2) is 4.98 Å². The molecule has 2 heterocycles. The minimum Gasteiger partial charge on any atom is -0.455 e. The fraction of sp³-hybridized carbons (Fsp3) is 0. The number of furan rings is 1. The first-order chi connectivity index (χ1) is 23.8. The number of rotatable bonds is 6. The van der Waals surface area contributed by atoms with Gasteiger partial charge in [-0.05, 0) is 81.9 Å². The highest BCUT2D eigenvalue weighted by atomic mass is 16.3. The van der Waals surface area contributed by atoms with Gasteiger partial charge in [-0.1, -0.05) is 127 Å². The second kappa shape index (κ2) is 11.7. The summed E-state index contributed by atoms with van der Waals surface area (Å²) in [5, 5.41) is 3.15. The van der Waals surface area contributed by atoms with Gasteiger partial charge < -0.3 is 9.32 Å². The Morgan fingerprint density at radius 2 is 0.958 bits per heavy atom. The Balaban J connectivity index is 1.21. The van der Waals surface area contributed by atoms with Crippen LogP contribution in [0.2, 0.25) is 0 Å². The third kappa shape index (κ3) is 4.90. The topological polar surface area (TPSA) is 29.3 Å². The van der Waals surface area contributed by atoms with Gasteiger partial charge in [0.15, 0.2) is 0 Å². The van der Waals surface area contributed by atoms with Gasteiger partial charge in [0.1, 0.15) is 11.2 Å². The third-order valence-electron chi connectivity index (χ3n) is 9.11. The van der Waals surface area contributed by atoms with E-state index in [2.05, 4.69) is 163 Å². The summed E-state index contributed by atoms with van der Waals surface area (Å²) in [7, 11) is 0. The third-order valence-corrected chi connectivity index (χ3v) is 9.11. The van der Waals surface area contributed by atoms with Crippen LogP contribution in [0.5, 0.6) is 0 Å². The van der Waals surface area contributed by atoms with Crippen molar-refractivity contribution in [1.82, 2.24) is 4.98 Å². The summed E-state index contributed by atoms with van der Waals surface area (Å²) >= 11 is 0. The molecule has 0 aliphatic heterocycles. The Kier molecular flexibility index (Phi) is 6.80. The van der Waals surface area contributed by atoms with Crippen LogP contribution < -0.4 is 4.90 Å². The highest BCUT2D eigenvalue weighted by Crippen LogP contribution is 2.44. The highest BCUT2D eigenvalue weighted by molar-refractivity contribution is 6.18. The fourth-order valence-electron chi connectivity index (χ4n) is 6.75. The van der Waals surface area contributed by atoms with E-state index in [0.29, 0.717) is 0 Å². The van der Waals surface area contributed by atoms with Crippen molar-refractivity contribution in [2.24, 2.45) is 0 Å². The van der Waals surface area contributed by atoms with Gasteiger partial charge in [-0.2, -0.15) is 0 Å². The van der Waals surface area contributed by atoms with Crippen molar-refractivity contribution in [3.05, 3.63) is 182 Å². The summed E-state index contributed by atoms with van der Waals surface area (Å²) in [5.41, 5.74) is 12.8. The number of para-hydroxylation sites is 1. The van der Waals surface area contributed by atoms with Crippen LogP contribution in [0.4, 0.5) is 17.1 Å². The van der Waals surface area contributed by atoms with Gasteiger partial charge in [0.05, 0.1) is 11.2 Å². The maximum atomic E-state index is 6.43. The number of nitrogens with zero attached hydrogens (tertiary/aromatic N) is 2. The summed E-state index contributed by atoms with van der Waals surface area (Å²) < 4.78 is 6.43. The van der Waals surface area contributed by atoms with Crippen LogP contribution in [0.15, 0.2) is 187 Å². The molecular formula is C45H30N2O. The molecule has 2 aromatic heterocycles. The summed E-state index contributed by atoms with van der Waals surface area (Å²) in [4.78, 5) is 7.28. The van der Waals surface area contributed by atoms with Gasteiger partial charge in [-0.3, -0.25) is 4.98 Å². The van der Waals surface area contributed by atoms with E-state index in [1.54, 1.807) is 0 Å². The molecule has 0 atom stereocenters. The maximum absolute atomic E-state index is 6.43. The number of anilines is 3. The highest BCUT2D eigenvalue weighted by Gasteiger charge is 2.21. The van der Waals surface area contributed by atoms with Gasteiger partial charge >= 0.3 is 0 Å². The second-order valence-corrected chi connectivity index (χ2v) is 12.0. The van der Waals surface area contributed by atoms with Gasteiger partial charge in [0, 0.05) is 33.7 Å². The lowest BCUT2D eigenvalue weighted by molar-refractivity contribution is 0.672.